The van der Waals surface area contributed by atoms with E-state index >= 15 is 0 Å². The van der Waals surface area contributed by atoms with E-state index in [1.165, 1.54) is 18.2 Å². The molecule has 0 bridgehead atoms. The molecular formula is C21H36O6Tb. The number of aliphatic hydroxyl groups is 3. The van der Waals surface area contributed by atoms with Crippen molar-refractivity contribution < 1.29 is 68.3 Å². The van der Waals surface area contributed by atoms with Crippen LogP contribution >= 0.6 is 0 Å². The molecule has 0 heterocycles. The molecule has 0 spiro atoms. The van der Waals surface area contributed by atoms with Gasteiger partial charge in [-0.3, -0.25) is 14.4 Å². The fourth-order valence-corrected chi connectivity index (χ4v) is 1.17. The summed E-state index contributed by atoms with van der Waals surface area (Å²) in [7, 11) is 0. The van der Waals surface area contributed by atoms with Gasteiger partial charge in [0.2, 0.25) is 0 Å². The maximum Gasteiger partial charge on any atom is 0.158 e. The van der Waals surface area contributed by atoms with Gasteiger partial charge in [-0.2, -0.15) is 0 Å². The molecule has 0 atom stereocenters. The predicted octanol–water partition coefficient (Wildman–Crippen LogP) is 5.45. The predicted molar refractivity (Wildman–Crippen MR) is 109 cm³/mol. The Labute approximate surface area is 200 Å². The molecule has 0 fully saturated rings. The van der Waals surface area contributed by atoms with E-state index < -0.39 is 0 Å². The summed E-state index contributed by atoms with van der Waals surface area (Å²) in [5.74, 6) is 0.448. The molecule has 0 saturated carbocycles. The average Bonchev–Trinajstić information content (AvgIpc) is 2.67. The zero-order valence-electron chi connectivity index (χ0n) is 17.9. The van der Waals surface area contributed by atoms with Crippen molar-refractivity contribution >= 4 is 17.3 Å². The normalized spacial score (nSPS) is 11.1. The van der Waals surface area contributed by atoms with Gasteiger partial charge in [0.1, 0.15) is 0 Å². The van der Waals surface area contributed by atoms with Crippen molar-refractivity contribution in [3.63, 3.8) is 0 Å². The summed E-state index contributed by atoms with van der Waals surface area (Å²) in [4.78, 5) is 31.6. The number of hydrogen-bond donors (Lipinski definition) is 3. The van der Waals surface area contributed by atoms with Gasteiger partial charge >= 0.3 is 0 Å². The van der Waals surface area contributed by atoms with Gasteiger partial charge in [0, 0.05) is 95.4 Å². The monoisotopic (exact) mass is 543 g/mol. The SMILES string of the molecule is CCC(=O)C=C(O)CC.CCC(=O)C=C(O)CC.CCC(=O)C=C(O)CC.[Tb]. The number of aliphatic hydroxyl groups excluding tert-OH is 3. The van der Waals surface area contributed by atoms with Crippen LogP contribution in [0.3, 0.4) is 0 Å². The molecule has 165 valence electrons. The summed E-state index contributed by atoms with van der Waals surface area (Å²) in [5.41, 5.74) is 0. The summed E-state index contributed by atoms with van der Waals surface area (Å²) in [6, 6.07) is 0. The van der Waals surface area contributed by atoms with Crippen molar-refractivity contribution in [2.24, 2.45) is 0 Å². The molecule has 0 aromatic carbocycles. The first-order valence-corrected chi connectivity index (χ1v) is 9.38. The van der Waals surface area contributed by atoms with Crippen LogP contribution in [0.5, 0.6) is 0 Å². The van der Waals surface area contributed by atoms with Crippen LogP contribution < -0.4 is 0 Å². The summed E-state index contributed by atoms with van der Waals surface area (Å²) in [5, 5.41) is 26.4. The molecule has 0 aromatic rings. The first-order chi connectivity index (χ1) is 12.6. The summed E-state index contributed by atoms with van der Waals surface area (Å²) >= 11 is 0. The van der Waals surface area contributed by atoms with Crippen LogP contribution in [0.15, 0.2) is 35.5 Å². The molecule has 0 rings (SSSR count). The minimum absolute atomic E-state index is 0. The van der Waals surface area contributed by atoms with Crippen LogP contribution in [0.2, 0.25) is 0 Å². The van der Waals surface area contributed by atoms with Gasteiger partial charge in [-0.1, -0.05) is 41.5 Å². The Kier molecular flexibility index (Phi) is 29.5. The number of rotatable bonds is 9. The number of ketones is 3. The van der Waals surface area contributed by atoms with E-state index in [-0.39, 0.29) is 73.2 Å². The molecule has 7 heteroatoms. The van der Waals surface area contributed by atoms with Crippen molar-refractivity contribution in [3.05, 3.63) is 35.5 Å². The van der Waals surface area contributed by atoms with Gasteiger partial charge in [-0.05, 0) is 0 Å². The molecule has 0 unspecified atom stereocenters. The third kappa shape index (κ3) is 27.1. The van der Waals surface area contributed by atoms with Crippen molar-refractivity contribution in [2.45, 2.75) is 80.1 Å². The van der Waals surface area contributed by atoms with Crippen LogP contribution in [0.1, 0.15) is 80.1 Å². The molecule has 28 heavy (non-hydrogen) atoms. The van der Waals surface area contributed by atoms with Crippen molar-refractivity contribution in [2.75, 3.05) is 0 Å². The van der Waals surface area contributed by atoms with Crippen molar-refractivity contribution in [3.8, 4) is 0 Å². The standard InChI is InChI=1S/3C7H12O2.Tb/c3*1-3-6(8)5-7(9)4-2;/h3*5,8H,3-4H2,1-2H3;. The number of hydrogen-bond acceptors (Lipinski definition) is 6. The Balaban J connectivity index is -0.000000152. The Bertz CT molecular complexity index is 457. The van der Waals surface area contributed by atoms with E-state index in [0.717, 1.165) is 0 Å². The first kappa shape index (κ1) is 34.4. The molecule has 0 aliphatic rings. The van der Waals surface area contributed by atoms with E-state index in [4.69, 9.17) is 15.3 Å². The van der Waals surface area contributed by atoms with E-state index in [1.54, 1.807) is 41.5 Å². The summed E-state index contributed by atoms with van der Waals surface area (Å²) in [6.45, 7) is 10.7. The molecule has 0 aromatic heterocycles. The Hall–Kier alpha value is -1.08. The van der Waals surface area contributed by atoms with E-state index in [2.05, 4.69) is 0 Å². The minimum Gasteiger partial charge on any atom is -0.512 e. The molecule has 0 saturated heterocycles. The van der Waals surface area contributed by atoms with Gasteiger partial charge in [0.15, 0.2) is 17.3 Å². The number of allylic oxidation sites excluding steroid dienone is 6. The Morgan fingerprint density at radius 2 is 0.679 bits per heavy atom. The van der Waals surface area contributed by atoms with Crippen molar-refractivity contribution in [1.29, 1.82) is 0 Å². The second-order valence-electron chi connectivity index (χ2n) is 5.43. The third-order valence-corrected chi connectivity index (χ3v) is 3.11. The zero-order valence-corrected chi connectivity index (χ0v) is 20.0. The minimum atomic E-state index is -0.0191. The molecule has 1 radical (unpaired) electrons. The largest absolute Gasteiger partial charge is 0.512 e. The van der Waals surface area contributed by atoms with Gasteiger partial charge < -0.3 is 15.3 Å². The van der Waals surface area contributed by atoms with Crippen LogP contribution in [0, 0.1) is 38.6 Å². The fourth-order valence-electron chi connectivity index (χ4n) is 1.17. The molecule has 6 nitrogen and oxygen atoms in total. The molecule has 0 aliphatic carbocycles. The number of carbonyl (C=O) groups excluding carboxylic acids is 3. The average molecular weight is 543 g/mol. The van der Waals surface area contributed by atoms with Gasteiger partial charge in [-0.25, -0.2) is 0 Å². The van der Waals surface area contributed by atoms with E-state index in [0.29, 0.717) is 38.5 Å². The van der Waals surface area contributed by atoms with Crippen LogP contribution in [-0.2, 0) is 14.4 Å². The Morgan fingerprint density at radius 3 is 0.786 bits per heavy atom. The van der Waals surface area contributed by atoms with Crippen molar-refractivity contribution in [1.82, 2.24) is 0 Å². The second kappa shape index (κ2) is 24.0. The summed E-state index contributed by atoms with van der Waals surface area (Å²) < 4.78 is 0. The third-order valence-electron chi connectivity index (χ3n) is 3.11. The molecular weight excluding hydrogens is 507 g/mol. The van der Waals surface area contributed by atoms with Gasteiger partial charge in [-0.15, -0.1) is 0 Å². The Morgan fingerprint density at radius 1 is 0.500 bits per heavy atom. The van der Waals surface area contributed by atoms with Crippen LogP contribution in [0.4, 0.5) is 0 Å². The smallest absolute Gasteiger partial charge is 0.158 e. The molecule has 0 amide bonds. The number of carbonyl (C=O) groups is 3. The van der Waals surface area contributed by atoms with Gasteiger partial charge in [0.05, 0.1) is 17.3 Å². The zero-order chi connectivity index (χ0) is 21.8. The fraction of sp³-hybridized carbons (Fsp3) is 0.571. The molecule has 3 N–H and O–H groups in total. The van der Waals surface area contributed by atoms with E-state index in [9.17, 15) is 14.4 Å². The van der Waals surface area contributed by atoms with Crippen LogP contribution in [-0.4, -0.2) is 32.7 Å². The molecule has 0 aliphatic heterocycles. The topological polar surface area (TPSA) is 112 Å². The van der Waals surface area contributed by atoms with E-state index in [1.807, 2.05) is 0 Å². The first-order valence-electron chi connectivity index (χ1n) is 9.38. The van der Waals surface area contributed by atoms with Crippen LogP contribution in [0.25, 0.3) is 0 Å². The second-order valence-corrected chi connectivity index (χ2v) is 5.43. The maximum absolute atomic E-state index is 10.5. The summed E-state index contributed by atoms with van der Waals surface area (Å²) in [6.07, 6.45) is 6.82. The van der Waals surface area contributed by atoms with Gasteiger partial charge in [0.25, 0.3) is 0 Å². The maximum atomic E-state index is 10.5. The quantitative estimate of drug-likeness (QED) is 0.263.